The lowest BCUT2D eigenvalue weighted by molar-refractivity contribution is -0.125. The highest BCUT2D eigenvalue weighted by Crippen LogP contribution is 2.33. The van der Waals surface area contributed by atoms with E-state index in [0.717, 1.165) is 5.56 Å². The maximum Gasteiger partial charge on any atom is 0.274 e. The number of carbonyl (C=O) groups excluding carboxylic acids is 2. The van der Waals surface area contributed by atoms with Crippen molar-refractivity contribution < 1.29 is 23.8 Å². The fourth-order valence-electron chi connectivity index (χ4n) is 5.69. The maximum atomic E-state index is 13.6. The van der Waals surface area contributed by atoms with Crippen LogP contribution in [0.2, 0.25) is 0 Å². The van der Waals surface area contributed by atoms with Gasteiger partial charge in [0.15, 0.2) is 11.5 Å². The number of H-pyrrole nitrogens is 1. The predicted octanol–water partition coefficient (Wildman–Crippen LogP) is 2.36. The van der Waals surface area contributed by atoms with Crippen molar-refractivity contribution in [2.24, 2.45) is 0 Å². The monoisotopic (exact) mass is 601 g/mol. The number of rotatable bonds is 5. The van der Waals surface area contributed by atoms with Crippen molar-refractivity contribution in [1.29, 1.82) is 0 Å². The van der Waals surface area contributed by atoms with E-state index in [4.69, 9.17) is 14.2 Å². The van der Waals surface area contributed by atoms with E-state index in [1.54, 1.807) is 30.2 Å². The van der Waals surface area contributed by atoms with Crippen molar-refractivity contribution in [3.05, 3.63) is 82.0 Å². The molecule has 4 heterocycles. The van der Waals surface area contributed by atoms with Gasteiger partial charge in [-0.3, -0.25) is 24.4 Å². The number of aromatic nitrogens is 4. The van der Waals surface area contributed by atoms with Crippen LogP contribution in [0.25, 0.3) is 5.78 Å². The lowest BCUT2D eigenvalue weighted by Crippen LogP contribution is -2.56. The molecule has 2 N–H and O–H groups in total. The Labute approximate surface area is 253 Å². The number of likely N-dealkylation sites (tertiary alicyclic amines) is 1. The summed E-state index contributed by atoms with van der Waals surface area (Å²) >= 11 is 0. The van der Waals surface area contributed by atoms with Crippen LogP contribution in [-0.4, -0.2) is 86.6 Å². The summed E-state index contributed by atoms with van der Waals surface area (Å²) in [7, 11) is 1.54. The zero-order chi connectivity index (χ0) is 30.6. The molecule has 13 nitrogen and oxygen atoms in total. The quantitative estimate of drug-likeness (QED) is 0.352. The van der Waals surface area contributed by atoms with Gasteiger partial charge in [-0.1, -0.05) is 19.1 Å². The Morgan fingerprint density at radius 3 is 2.84 bits per heavy atom. The van der Waals surface area contributed by atoms with Crippen LogP contribution in [0.15, 0.2) is 59.7 Å². The first-order valence-corrected chi connectivity index (χ1v) is 14.7. The zero-order valence-electron chi connectivity index (χ0n) is 24.7. The van der Waals surface area contributed by atoms with E-state index in [0.29, 0.717) is 79.9 Å². The van der Waals surface area contributed by atoms with E-state index in [-0.39, 0.29) is 36.1 Å². The van der Waals surface area contributed by atoms with Gasteiger partial charge in [0.2, 0.25) is 5.91 Å². The van der Waals surface area contributed by atoms with Gasteiger partial charge in [0.05, 0.1) is 38.1 Å². The molecule has 4 bridgehead atoms. The van der Waals surface area contributed by atoms with Gasteiger partial charge in [-0.2, -0.15) is 4.52 Å². The lowest BCUT2D eigenvalue weighted by Gasteiger charge is -2.39. The number of ether oxygens (including phenoxy) is 3. The second kappa shape index (κ2) is 12.9. The third-order valence-corrected chi connectivity index (χ3v) is 7.81. The summed E-state index contributed by atoms with van der Waals surface area (Å²) in [4.78, 5) is 51.7. The molecular formula is C31H35N7O6. The van der Waals surface area contributed by atoms with Gasteiger partial charge < -0.3 is 24.4 Å². The topological polar surface area (TPSA) is 143 Å². The minimum absolute atomic E-state index is 0.0849. The molecule has 44 heavy (non-hydrogen) atoms. The first-order chi connectivity index (χ1) is 21.4. The SMILES string of the molecule is CCCN1CC(=O)N[C@H]2CCN(Cc3cc(=O)n4[nH]cnc4n3)C[C@@H]2OCc2cccc(c2)Oc2cc(ccc2OC)C1=O. The Bertz CT molecular complexity index is 1720. The first-order valence-electron chi connectivity index (χ1n) is 14.7. The first kappa shape index (κ1) is 29.3. The van der Waals surface area contributed by atoms with Crippen molar-refractivity contribution >= 4 is 17.6 Å². The smallest absolute Gasteiger partial charge is 0.274 e. The maximum absolute atomic E-state index is 13.6. The van der Waals surface area contributed by atoms with E-state index < -0.39 is 0 Å². The van der Waals surface area contributed by atoms with Crippen LogP contribution in [0.1, 0.15) is 41.4 Å². The van der Waals surface area contributed by atoms with E-state index in [9.17, 15) is 14.4 Å². The van der Waals surface area contributed by atoms with Crippen LogP contribution < -0.4 is 20.3 Å². The summed E-state index contributed by atoms with van der Waals surface area (Å²) in [6.07, 6.45) is 2.38. The molecule has 0 unspecified atom stereocenters. The third-order valence-electron chi connectivity index (χ3n) is 7.81. The summed E-state index contributed by atoms with van der Waals surface area (Å²) in [5.74, 6) is 1.25. The Morgan fingerprint density at radius 1 is 1.11 bits per heavy atom. The van der Waals surface area contributed by atoms with Crippen LogP contribution in [0, 0.1) is 0 Å². The number of fused-ring (bicyclic) bond motifs is 6. The van der Waals surface area contributed by atoms with Crippen LogP contribution in [0.3, 0.4) is 0 Å². The Morgan fingerprint density at radius 2 is 2.00 bits per heavy atom. The number of nitrogens with zero attached hydrogens (tertiary/aromatic N) is 5. The Hall–Kier alpha value is -4.75. The predicted molar refractivity (Wildman–Crippen MR) is 160 cm³/mol. The summed E-state index contributed by atoms with van der Waals surface area (Å²) in [6.45, 7) is 4.18. The standard InChI is InChI=1S/C31H35N7O6/c1-3-10-37-17-28(39)35-24-9-11-36(15-22-14-29(40)38-31(34-22)32-19-33-38)16-27(24)43-18-20-5-4-6-23(12-20)44-26-13-21(30(37)41)7-8-25(26)42-2/h4-8,12-14,19,24,27H,3,9-11,15-18H2,1-2H3,(H,35,39)(H,32,33,34)/t24-,27-/m0/s1. The molecule has 2 aliphatic heterocycles. The molecule has 6 rings (SSSR count). The van der Waals surface area contributed by atoms with Gasteiger partial charge >= 0.3 is 0 Å². The van der Waals surface area contributed by atoms with Gasteiger partial charge in [0, 0.05) is 37.8 Å². The molecule has 230 valence electrons. The zero-order valence-corrected chi connectivity index (χ0v) is 24.7. The Balaban J connectivity index is 1.27. The third kappa shape index (κ3) is 6.43. The number of carbonyl (C=O) groups is 2. The average Bonchev–Trinajstić information content (AvgIpc) is 3.50. The fraction of sp³-hybridized carbons (Fsp3) is 0.387. The van der Waals surface area contributed by atoms with E-state index in [1.165, 1.54) is 16.9 Å². The fourth-order valence-corrected chi connectivity index (χ4v) is 5.69. The van der Waals surface area contributed by atoms with Gasteiger partial charge in [-0.25, -0.2) is 9.97 Å². The number of hydrogen-bond donors (Lipinski definition) is 2. The number of amides is 2. The molecule has 0 aliphatic carbocycles. The van der Waals surface area contributed by atoms with Crippen LogP contribution in [0.5, 0.6) is 17.2 Å². The summed E-state index contributed by atoms with van der Waals surface area (Å²) in [5, 5.41) is 5.89. The Kier molecular flexibility index (Phi) is 8.57. The van der Waals surface area contributed by atoms with Crippen molar-refractivity contribution in [3.63, 3.8) is 0 Å². The largest absolute Gasteiger partial charge is 0.493 e. The van der Waals surface area contributed by atoms with Crippen LogP contribution in [-0.2, 0) is 22.7 Å². The number of methoxy groups -OCH3 is 1. The lowest BCUT2D eigenvalue weighted by atomic mass is 10.0. The highest BCUT2D eigenvalue weighted by molar-refractivity contribution is 5.97. The summed E-state index contributed by atoms with van der Waals surface area (Å²) < 4.78 is 19.4. The molecule has 2 atom stereocenters. The number of piperidine rings is 1. The molecule has 2 aromatic heterocycles. The number of nitrogens with one attached hydrogen (secondary N) is 2. The molecular weight excluding hydrogens is 566 g/mol. The molecule has 0 spiro atoms. The molecule has 4 aromatic rings. The van der Waals surface area contributed by atoms with E-state index in [2.05, 4.69) is 25.3 Å². The number of hydrogen-bond acceptors (Lipinski definition) is 9. The van der Waals surface area contributed by atoms with Gasteiger partial charge in [0.25, 0.3) is 17.2 Å². The van der Waals surface area contributed by atoms with Crippen LogP contribution in [0.4, 0.5) is 0 Å². The van der Waals surface area contributed by atoms with Gasteiger partial charge in [-0.05, 0) is 48.7 Å². The second-order valence-corrected chi connectivity index (χ2v) is 11.0. The van der Waals surface area contributed by atoms with Crippen molar-refractivity contribution in [1.82, 2.24) is 34.7 Å². The molecule has 2 aliphatic rings. The summed E-state index contributed by atoms with van der Waals surface area (Å²) in [6, 6.07) is 13.8. The van der Waals surface area contributed by atoms with E-state index in [1.807, 2.05) is 31.2 Å². The molecule has 2 amide bonds. The normalized spacial score (nSPS) is 19.7. The molecule has 0 saturated carbocycles. The van der Waals surface area contributed by atoms with Crippen molar-refractivity contribution in [3.8, 4) is 17.2 Å². The molecule has 2 aromatic carbocycles. The second-order valence-electron chi connectivity index (χ2n) is 11.0. The molecule has 0 radical (unpaired) electrons. The highest BCUT2D eigenvalue weighted by atomic mass is 16.5. The van der Waals surface area contributed by atoms with Crippen molar-refractivity contribution in [2.75, 3.05) is 33.3 Å². The summed E-state index contributed by atoms with van der Waals surface area (Å²) in [5.41, 5.74) is 1.66. The number of aromatic amines is 1. The van der Waals surface area contributed by atoms with Crippen molar-refractivity contribution in [2.45, 2.75) is 45.1 Å². The van der Waals surface area contributed by atoms with Gasteiger partial charge in [-0.15, -0.1) is 0 Å². The van der Waals surface area contributed by atoms with E-state index >= 15 is 0 Å². The van der Waals surface area contributed by atoms with Gasteiger partial charge in [0.1, 0.15) is 12.1 Å². The average molecular weight is 602 g/mol. The highest BCUT2D eigenvalue weighted by Gasteiger charge is 2.32. The molecule has 1 fully saturated rings. The molecule has 1 saturated heterocycles. The number of benzene rings is 2. The van der Waals surface area contributed by atoms with Crippen LogP contribution >= 0.6 is 0 Å². The molecule has 13 heteroatoms. The minimum atomic E-state index is -0.358. The minimum Gasteiger partial charge on any atom is -0.493 e.